The molecule has 0 aromatic rings. The van der Waals surface area contributed by atoms with E-state index in [1.807, 2.05) is 0 Å². The Kier molecular flexibility index (Phi) is 5.33. The first-order valence-corrected chi connectivity index (χ1v) is 2.34. The number of allylic oxidation sites excluding steroid dienone is 1. The van der Waals surface area contributed by atoms with Gasteiger partial charge in [-0.05, 0) is 0 Å². The Hall–Kier alpha value is -0.370. The van der Waals surface area contributed by atoms with E-state index in [0.29, 0.717) is 0 Å². The van der Waals surface area contributed by atoms with Gasteiger partial charge >= 0.3 is 46.2 Å². The molecule has 0 aromatic carbocycles. The molecule has 0 aliphatic rings. The fourth-order valence-corrected chi connectivity index (χ4v) is 0.199. The SMILES string of the molecule is P#C[C+]=C=C=C=[P-]. The first-order chi connectivity index (χ1) is 3.41. The van der Waals surface area contributed by atoms with Crippen molar-refractivity contribution in [2.24, 2.45) is 0 Å². The van der Waals surface area contributed by atoms with E-state index in [-0.39, 0.29) is 0 Å². The summed E-state index contributed by atoms with van der Waals surface area (Å²) in [6.45, 7) is 0. The summed E-state index contributed by atoms with van der Waals surface area (Å²) in [7, 11) is 7.15. The molecule has 0 amide bonds. The standard InChI is InChI=1S/C5P2/c6-4-2-1-3-5-7. The summed E-state index contributed by atoms with van der Waals surface area (Å²) in [5.74, 6) is 0. The molecule has 0 bridgehead atoms. The van der Waals surface area contributed by atoms with Crippen molar-refractivity contribution in [2.75, 3.05) is 0 Å². The quantitative estimate of drug-likeness (QED) is 0.261. The van der Waals surface area contributed by atoms with E-state index >= 15 is 0 Å². The summed E-state index contributed by atoms with van der Waals surface area (Å²) in [5.41, 5.74) is 9.40. The first kappa shape index (κ1) is 6.63. The molecule has 30 valence electrons. The van der Waals surface area contributed by atoms with Gasteiger partial charge in [-0.3, -0.25) is 0 Å². The minimum absolute atomic E-state index is 2.30. The van der Waals surface area contributed by atoms with Crippen LogP contribution in [-0.2, 0) is 0 Å². The van der Waals surface area contributed by atoms with Gasteiger partial charge in [-0.2, -0.15) is 0 Å². The predicted octanol–water partition coefficient (Wildman–Crippen LogP) is 1.84. The molecule has 0 saturated carbocycles. The zero-order chi connectivity index (χ0) is 5.54. The Labute approximate surface area is 47.0 Å². The Balaban J connectivity index is 4.27. The monoisotopic (exact) mass is 122 g/mol. The van der Waals surface area contributed by atoms with E-state index in [1.165, 1.54) is 0 Å². The average molecular weight is 122 g/mol. The van der Waals surface area contributed by atoms with Crippen molar-refractivity contribution in [2.45, 2.75) is 0 Å². The Morgan fingerprint density at radius 1 is 1.57 bits per heavy atom. The van der Waals surface area contributed by atoms with Crippen molar-refractivity contribution in [3.8, 4) is 5.63 Å². The number of rotatable bonds is 0. The molecule has 0 spiro atoms. The summed E-state index contributed by atoms with van der Waals surface area (Å²) in [6, 6.07) is 0. The van der Waals surface area contributed by atoms with E-state index in [9.17, 15) is 0 Å². The molecule has 0 atom stereocenters. The molecule has 7 heavy (non-hydrogen) atoms. The van der Waals surface area contributed by atoms with E-state index < -0.39 is 0 Å². The van der Waals surface area contributed by atoms with Crippen LogP contribution in [0, 0.1) is 11.7 Å². The number of hydrogen-bond acceptors (Lipinski definition) is 0. The molecule has 0 fully saturated rings. The molecule has 0 aromatic heterocycles. The van der Waals surface area contributed by atoms with Crippen molar-refractivity contribution in [1.29, 1.82) is 0 Å². The first-order valence-electron chi connectivity index (χ1n) is 1.45. The Bertz CT molecular complexity index is 191. The van der Waals surface area contributed by atoms with Crippen LogP contribution in [0.4, 0.5) is 0 Å². The van der Waals surface area contributed by atoms with Gasteiger partial charge in [0, 0.05) is 0 Å². The van der Waals surface area contributed by atoms with Gasteiger partial charge in [0.15, 0.2) is 0 Å². The van der Waals surface area contributed by atoms with Crippen LogP contribution >= 0.6 is 17.6 Å². The average Bonchev–Trinajstić information content (AvgIpc) is 1.69. The summed E-state index contributed by atoms with van der Waals surface area (Å²) in [4.78, 5) is 0. The summed E-state index contributed by atoms with van der Waals surface area (Å²) in [6.07, 6.45) is 2.39. The fourth-order valence-electron chi connectivity index (χ4n) is 0.0872. The number of hydrogen-bond donors (Lipinski definition) is 0. The van der Waals surface area contributed by atoms with E-state index in [1.54, 1.807) is 0 Å². The van der Waals surface area contributed by atoms with Gasteiger partial charge in [0.25, 0.3) is 0 Å². The fraction of sp³-hybridized carbons (Fsp3) is 0. The Morgan fingerprint density at radius 3 is 2.71 bits per heavy atom. The van der Waals surface area contributed by atoms with E-state index in [2.05, 4.69) is 46.2 Å². The summed E-state index contributed by atoms with van der Waals surface area (Å²) >= 11 is 0. The van der Waals surface area contributed by atoms with Crippen LogP contribution in [0.15, 0.2) is 11.5 Å². The van der Waals surface area contributed by atoms with Crippen LogP contribution in [0.5, 0.6) is 0 Å². The van der Waals surface area contributed by atoms with Gasteiger partial charge in [-0.15, -0.1) is 0 Å². The van der Waals surface area contributed by atoms with Gasteiger partial charge in [0.05, 0.1) is 0 Å². The van der Waals surface area contributed by atoms with Crippen LogP contribution in [0.1, 0.15) is 0 Å². The van der Waals surface area contributed by atoms with E-state index in [4.69, 9.17) is 0 Å². The van der Waals surface area contributed by atoms with Crippen molar-refractivity contribution in [1.82, 2.24) is 0 Å². The second kappa shape index (κ2) is 5.63. The van der Waals surface area contributed by atoms with Gasteiger partial charge in [0.2, 0.25) is 0 Å². The maximum atomic E-state index is 3.58. The topological polar surface area (TPSA) is 0 Å². The van der Waals surface area contributed by atoms with Crippen LogP contribution in [0.2, 0.25) is 0 Å². The van der Waals surface area contributed by atoms with Crippen LogP contribution in [0.25, 0.3) is 0 Å². The molecule has 0 unspecified atom stereocenters. The second-order valence-corrected chi connectivity index (χ2v) is 1.05. The molecule has 0 N–H and O–H groups in total. The van der Waals surface area contributed by atoms with E-state index in [0.717, 1.165) is 0 Å². The van der Waals surface area contributed by atoms with Gasteiger partial charge in [0.1, 0.15) is 0 Å². The Morgan fingerprint density at radius 2 is 2.29 bits per heavy atom. The predicted molar refractivity (Wildman–Crippen MR) is 33.0 cm³/mol. The molecule has 0 rings (SSSR count). The van der Waals surface area contributed by atoms with Crippen molar-refractivity contribution in [3.05, 3.63) is 17.5 Å². The summed E-state index contributed by atoms with van der Waals surface area (Å²) < 4.78 is 0. The molecular formula is C5P2. The molecule has 0 nitrogen and oxygen atoms in total. The zero-order valence-electron chi connectivity index (χ0n) is 3.39. The molecule has 0 radical (unpaired) electrons. The van der Waals surface area contributed by atoms with Gasteiger partial charge in [-0.1, -0.05) is 0 Å². The zero-order valence-corrected chi connectivity index (χ0v) is 5.18. The van der Waals surface area contributed by atoms with Crippen molar-refractivity contribution < 1.29 is 0 Å². The normalized spacial score (nSPS) is 3.29. The molecule has 0 saturated heterocycles. The third-order valence-electron chi connectivity index (χ3n) is 0.237. The van der Waals surface area contributed by atoms with Crippen LogP contribution < -0.4 is 0 Å². The third kappa shape index (κ3) is 5.63. The van der Waals surface area contributed by atoms with Crippen molar-refractivity contribution >= 4 is 23.0 Å². The van der Waals surface area contributed by atoms with Gasteiger partial charge < -0.3 is 0 Å². The summed E-state index contributed by atoms with van der Waals surface area (Å²) in [5, 5.41) is 0. The third-order valence-corrected chi connectivity index (χ3v) is 0.460. The molecule has 0 aliphatic carbocycles. The second-order valence-electron chi connectivity index (χ2n) is 0.599. The molecule has 0 aliphatic heterocycles. The van der Waals surface area contributed by atoms with Crippen LogP contribution in [-0.4, -0.2) is 5.45 Å². The molecule has 0 heterocycles. The van der Waals surface area contributed by atoms with Crippen molar-refractivity contribution in [3.63, 3.8) is 0 Å². The minimum atomic E-state index is 2.30. The molecule has 2 heteroatoms. The molecular weight excluding hydrogens is 122 g/mol. The van der Waals surface area contributed by atoms with Crippen LogP contribution in [0.3, 0.4) is 0 Å². The maximum absolute atomic E-state index is 3.58. The van der Waals surface area contributed by atoms with Gasteiger partial charge in [-0.25, -0.2) is 0 Å².